The molecule has 0 spiro atoms. The van der Waals surface area contributed by atoms with Gasteiger partial charge in [0, 0.05) is 44.6 Å². The summed E-state index contributed by atoms with van der Waals surface area (Å²) < 4.78 is 4.88. The summed E-state index contributed by atoms with van der Waals surface area (Å²) >= 11 is 0. The first-order valence-corrected chi connectivity index (χ1v) is 13.9. The molecule has 0 atom stereocenters. The normalized spacial score (nSPS) is 11.6. The molecule has 0 aliphatic rings. The van der Waals surface area contributed by atoms with E-state index < -0.39 is 0 Å². The summed E-state index contributed by atoms with van der Waals surface area (Å²) in [7, 11) is 0. The number of nitrogens with zero attached hydrogens (tertiary/aromatic N) is 3. The molecule has 194 valence electrons. The van der Waals surface area contributed by atoms with E-state index in [1.165, 1.54) is 49.2 Å². The Morgan fingerprint density at radius 2 is 1.22 bits per heavy atom. The van der Waals surface area contributed by atoms with E-state index >= 15 is 0 Å². The third-order valence-corrected chi connectivity index (χ3v) is 8.27. The Balaban J connectivity index is 1.63. The topological polar surface area (TPSA) is 22.8 Å². The van der Waals surface area contributed by atoms with Crippen LogP contribution in [-0.2, 0) is 0 Å². The van der Waals surface area contributed by atoms with Crippen molar-refractivity contribution in [2.24, 2.45) is 0 Å². The van der Waals surface area contributed by atoms with Gasteiger partial charge in [0.05, 0.1) is 33.4 Å². The number of para-hydroxylation sites is 3. The summed E-state index contributed by atoms with van der Waals surface area (Å²) in [4.78, 5) is 4.88. The van der Waals surface area contributed by atoms with Crippen molar-refractivity contribution in [1.82, 2.24) is 14.1 Å². The molecule has 3 aromatic heterocycles. The van der Waals surface area contributed by atoms with Crippen molar-refractivity contribution < 1.29 is 0 Å². The van der Waals surface area contributed by atoms with Gasteiger partial charge in [0.2, 0.25) is 0 Å². The molecule has 3 nitrogen and oxygen atoms in total. The van der Waals surface area contributed by atoms with Gasteiger partial charge in [-0.25, -0.2) is 0 Å². The molecule has 8 aromatic rings. The molecule has 0 saturated carbocycles. The van der Waals surface area contributed by atoms with Crippen molar-refractivity contribution in [3.8, 4) is 22.6 Å². The summed E-state index contributed by atoms with van der Waals surface area (Å²) in [6, 6.07) is 43.3. The van der Waals surface area contributed by atoms with Crippen LogP contribution in [-0.4, -0.2) is 14.1 Å². The number of aromatic nitrogens is 3. The fourth-order valence-electron chi connectivity index (χ4n) is 6.53. The Morgan fingerprint density at radius 3 is 1.93 bits per heavy atom. The molecule has 5 aromatic carbocycles. The van der Waals surface area contributed by atoms with Crippen molar-refractivity contribution in [2.75, 3.05) is 0 Å². The highest BCUT2D eigenvalue weighted by molar-refractivity contribution is 6.24. The van der Waals surface area contributed by atoms with E-state index in [9.17, 15) is 0 Å². The van der Waals surface area contributed by atoms with Crippen molar-refractivity contribution in [1.29, 1.82) is 0 Å². The second-order valence-electron chi connectivity index (χ2n) is 10.5. The Hall–Kier alpha value is -5.41. The van der Waals surface area contributed by atoms with E-state index in [0.717, 1.165) is 28.2 Å². The summed E-state index contributed by atoms with van der Waals surface area (Å²) in [5.74, 6) is 0. The van der Waals surface area contributed by atoms with Gasteiger partial charge in [0.25, 0.3) is 0 Å². The molecule has 0 N–H and O–H groups in total. The number of rotatable bonds is 4. The Morgan fingerprint density at radius 1 is 0.585 bits per heavy atom. The fraction of sp³-hybridized carbons (Fsp3) is 0.0263. The SMILES string of the molecule is C=Cc1cccnc1-c1c(C)cccc1-n1c2ccccc2c2ccc3c4ccccc4n(-c4ccccc4)c3c21. The predicted octanol–water partition coefficient (Wildman–Crippen LogP) is 9.89. The number of hydrogen-bond donors (Lipinski definition) is 0. The van der Waals surface area contributed by atoms with Gasteiger partial charge < -0.3 is 9.13 Å². The van der Waals surface area contributed by atoms with Gasteiger partial charge in [-0.2, -0.15) is 0 Å². The highest BCUT2D eigenvalue weighted by Gasteiger charge is 2.23. The van der Waals surface area contributed by atoms with Gasteiger partial charge in [0.1, 0.15) is 0 Å². The average molecular weight is 526 g/mol. The predicted molar refractivity (Wildman–Crippen MR) is 173 cm³/mol. The van der Waals surface area contributed by atoms with E-state index in [1.807, 2.05) is 18.3 Å². The number of hydrogen-bond acceptors (Lipinski definition) is 1. The zero-order valence-corrected chi connectivity index (χ0v) is 22.8. The minimum absolute atomic E-state index is 0.942. The Labute approximate surface area is 238 Å². The van der Waals surface area contributed by atoms with Crippen LogP contribution < -0.4 is 0 Å². The van der Waals surface area contributed by atoms with Gasteiger partial charge in [-0.15, -0.1) is 0 Å². The molecule has 0 bridgehead atoms. The van der Waals surface area contributed by atoms with Gasteiger partial charge in [-0.05, 0) is 48.9 Å². The van der Waals surface area contributed by atoms with Crippen LogP contribution in [0, 0.1) is 6.92 Å². The van der Waals surface area contributed by atoms with E-state index in [4.69, 9.17) is 4.98 Å². The van der Waals surface area contributed by atoms with Crippen molar-refractivity contribution in [3.05, 3.63) is 145 Å². The maximum atomic E-state index is 4.88. The molecule has 0 radical (unpaired) electrons. The molecule has 0 aliphatic heterocycles. The Bertz CT molecular complexity index is 2280. The van der Waals surface area contributed by atoms with Crippen molar-refractivity contribution in [3.63, 3.8) is 0 Å². The molecule has 0 aliphatic carbocycles. The third kappa shape index (κ3) is 3.36. The van der Waals surface area contributed by atoms with Crippen LogP contribution in [0.5, 0.6) is 0 Å². The van der Waals surface area contributed by atoms with Crippen LogP contribution in [0.15, 0.2) is 134 Å². The van der Waals surface area contributed by atoms with Crippen LogP contribution in [0.1, 0.15) is 11.1 Å². The highest BCUT2D eigenvalue weighted by Crippen LogP contribution is 2.43. The Kier molecular flexibility index (Phi) is 5.19. The molecule has 3 heterocycles. The molecule has 0 fully saturated rings. The molecule has 0 unspecified atom stereocenters. The molecule has 3 heteroatoms. The lowest BCUT2D eigenvalue weighted by atomic mass is 9.98. The largest absolute Gasteiger partial charge is 0.307 e. The van der Waals surface area contributed by atoms with Crippen molar-refractivity contribution >= 4 is 49.7 Å². The van der Waals surface area contributed by atoms with Gasteiger partial charge in [0.15, 0.2) is 0 Å². The molecule has 8 rings (SSSR count). The molecular formula is C38H27N3. The van der Waals surface area contributed by atoms with Crippen LogP contribution in [0.2, 0.25) is 0 Å². The summed E-state index contributed by atoms with van der Waals surface area (Å²) in [6.07, 6.45) is 3.77. The standard InChI is InChI=1S/C38H27N3/c1-3-26-14-12-24-39-36(26)35-25(2)13-11-21-34(35)41-33-20-10-8-18-29(33)31-23-22-30-28-17-7-9-19-32(28)40(37(30)38(31)41)27-15-5-4-6-16-27/h3-24H,1H2,2H3. The molecular weight excluding hydrogens is 498 g/mol. The number of fused-ring (bicyclic) bond motifs is 7. The fourth-order valence-corrected chi connectivity index (χ4v) is 6.53. The first kappa shape index (κ1) is 23.5. The maximum absolute atomic E-state index is 4.88. The molecule has 0 saturated heterocycles. The third-order valence-electron chi connectivity index (χ3n) is 8.27. The first-order valence-electron chi connectivity index (χ1n) is 13.9. The number of aryl methyl sites for hydroxylation is 1. The number of benzene rings is 5. The van der Waals surface area contributed by atoms with E-state index in [1.54, 1.807) is 0 Å². The summed E-state index contributed by atoms with van der Waals surface area (Å²) in [6.45, 7) is 6.27. The maximum Gasteiger partial charge on any atom is 0.0797 e. The first-order chi connectivity index (χ1) is 20.3. The molecule has 0 amide bonds. The lowest BCUT2D eigenvalue weighted by Crippen LogP contribution is -2.02. The lowest BCUT2D eigenvalue weighted by Gasteiger charge is -2.18. The molecule has 41 heavy (non-hydrogen) atoms. The van der Waals surface area contributed by atoms with E-state index in [0.29, 0.717) is 0 Å². The smallest absolute Gasteiger partial charge is 0.0797 e. The second kappa shape index (κ2) is 9.07. The van der Waals surface area contributed by atoms with Gasteiger partial charge >= 0.3 is 0 Å². The monoisotopic (exact) mass is 525 g/mol. The van der Waals surface area contributed by atoms with Gasteiger partial charge in [-0.1, -0.05) is 97.6 Å². The zero-order valence-electron chi connectivity index (χ0n) is 22.8. The summed E-state index contributed by atoms with van der Waals surface area (Å²) in [5.41, 5.74) is 11.3. The van der Waals surface area contributed by atoms with E-state index in [2.05, 4.69) is 138 Å². The second-order valence-corrected chi connectivity index (χ2v) is 10.5. The highest BCUT2D eigenvalue weighted by atomic mass is 15.0. The average Bonchev–Trinajstić information content (AvgIpc) is 3.54. The minimum Gasteiger partial charge on any atom is -0.307 e. The van der Waals surface area contributed by atoms with Crippen molar-refractivity contribution in [2.45, 2.75) is 6.92 Å². The van der Waals surface area contributed by atoms with Crippen LogP contribution in [0.25, 0.3) is 72.3 Å². The zero-order chi connectivity index (χ0) is 27.5. The van der Waals surface area contributed by atoms with Crippen LogP contribution in [0.4, 0.5) is 0 Å². The van der Waals surface area contributed by atoms with Crippen LogP contribution >= 0.6 is 0 Å². The minimum atomic E-state index is 0.942. The quantitative estimate of drug-likeness (QED) is 0.224. The lowest BCUT2D eigenvalue weighted by molar-refractivity contribution is 1.14. The van der Waals surface area contributed by atoms with Gasteiger partial charge in [-0.3, -0.25) is 4.98 Å². The summed E-state index contributed by atoms with van der Waals surface area (Å²) in [5, 5.41) is 4.94. The van der Waals surface area contributed by atoms with Crippen LogP contribution in [0.3, 0.4) is 0 Å². The van der Waals surface area contributed by atoms with E-state index in [-0.39, 0.29) is 0 Å². The number of pyridine rings is 1.